The number of nitrogens with one attached hydrogen (secondary N) is 2. The fourth-order valence-corrected chi connectivity index (χ4v) is 4.64. The van der Waals surface area contributed by atoms with Crippen LogP contribution in [-0.2, 0) is 14.8 Å². The summed E-state index contributed by atoms with van der Waals surface area (Å²) < 4.78 is 38.7. The molecule has 33 heavy (non-hydrogen) atoms. The van der Waals surface area contributed by atoms with Crippen molar-refractivity contribution < 1.29 is 22.7 Å². The smallest absolute Gasteiger partial charge is 0.262 e. The highest BCUT2D eigenvalue weighted by Gasteiger charge is 2.19. The van der Waals surface area contributed by atoms with Gasteiger partial charge in [0.1, 0.15) is 5.75 Å². The van der Waals surface area contributed by atoms with Crippen LogP contribution in [0.1, 0.15) is 10.4 Å². The topological polar surface area (TPSA) is 97.0 Å². The maximum Gasteiger partial charge on any atom is 0.262 e. The van der Waals surface area contributed by atoms with Crippen molar-refractivity contribution in [2.45, 2.75) is 4.90 Å². The molecule has 2 N–H and O–H groups in total. The van der Waals surface area contributed by atoms with Crippen LogP contribution in [0.2, 0.25) is 0 Å². The fraction of sp³-hybridized carbons (Fsp3) is 0.208. The van der Waals surface area contributed by atoms with Gasteiger partial charge >= 0.3 is 0 Å². The molecule has 0 spiro atoms. The molecule has 1 heterocycles. The van der Waals surface area contributed by atoms with E-state index in [0.717, 1.165) is 18.8 Å². The molecule has 9 heteroatoms. The number of ether oxygens (including phenoxy) is 2. The number of nitrogens with zero attached hydrogens (tertiary/aromatic N) is 1. The van der Waals surface area contributed by atoms with Crippen LogP contribution >= 0.6 is 0 Å². The monoisotopic (exact) mass is 467 g/mol. The van der Waals surface area contributed by atoms with Crippen molar-refractivity contribution in [3.63, 3.8) is 0 Å². The molecule has 4 rings (SSSR count). The summed E-state index contributed by atoms with van der Waals surface area (Å²) in [5.41, 5.74) is 2.30. The fourth-order valence-electron chi connectivity index (χ4n) is 3.57. The summed E-state index contributed by atoms with van der Waals surface area (Å²) in [5.74, 6) is 0.0911. The second-order valence-electron chi connectivity index (χ2n) is 7.40. The SMILES string of the molecule is COc1ccccc1NS(=O)(=O)c1ccc(C(=O)Nc2ccccc2N2CCOCC2)cc1. The molecule has 1 amide bonds. The number of para-hydroxylation sites is 4. The Morgan fingerprint density at radius 3 is 2.24 bits per heavy atom. The van der Waals surface area contributed by atoms with E-state index in [1.807, 2.05) is 24.3 Å². The van der Waals surface area contributed by atoms with E-state index in [4.69, 9.17) is 9.47 Å². The molecule has 0 bridgehead atoms. The first kappa shape index (κ1) is 22.6. The van der Waals surface area contributed by atoms with E-state index in [1.165, 1.54) is 31.4 Å². The minimum absolute atomic E-state index is 0.0404. The van der Waals surface area contributed by atoms with Crippen LogP contribution in [0.15, 0.2) is 77.7 Å². The van der Waals surface area contributed by atoms with E-state index in [2.05, 4.69) is 14.9 Å². The minimum atomic E-state index is -3.85. The quantitative estimate of drug-likeness (QED) is 0.551. The highest BCUT2D eigenvalue weighted by atomic mass is 32.2. The van der Waals surface area contributed by atoms with E-state index < -0.39 is 10.0 Å². The Morgan fingerprint density at radius 2 is 1.55 bits per heavy atom. The number of sulfonamides is 1. The maximum absolute atomic E-state index is 12.8. The van der Waals surface area contributed by atoms with Gasteiger partial charge < -0.3 is 19.7 Å². The molecule has 3 aromatic rings. The Bertz CT molecular complexity index is 1220. The van der Waals surface area contributed by atoms with Gasteiger partial charge in [-0.3, -0.25) is 9.52 Å². The molecule has 0 atom stereocenters. The second kappa shape index (κ2) is 9.93. The molecule has 1 aliphatic heterocycles. The zero-order chi connectivity index (χ0) is 23.3. The third-order valence-corrected chi connectivity index (χ3v) is 6.66. The zero-order valence-electron chi connectivity index (χ0n) is 18.2. The number of hydrogen-bond acceptors (Lipinski definition) is 6. The molecule has 0 saturated carbocycles. The van der Waals surface area contributed by atoms with Gasteiger partial charge in [-0.25, -0.2) is 8.42 Å². The molecule has 1 fully saturated rings. The van der Waals surface area contributed by atoms with Crippen LogP contribution in [0, 0.1) is 0 Å². The summed E-state index contributed by atoms with van der Waals surface area (Å²) in [7, 11) is -2.38. The Balaban J connectivity index is 1.49. The molecule has 0 radical (unpaired) electrons. The Kier molecular flexibility index (Phi) is 6.81. The molecule has 3 aromatic carbocycles. The van der Waals surface area contributed by atoms with E-state index in [1.54, 1.807) is 24.3 Å². The van der Waals surface area contributed by atoms with Crippen molar-refractivity contribution >= 4 is 33.0 Å². The lowest BCUT2D eigenvalue weighted by Gasteiger charge is -2.30. The number of rotatable bonds is 7. The average molecular weight is 468 g/mol. The van der Waals surface area contributed by atoms with Crippen LogP contribution in [-0.4, -0.2) is 47.7 Å². The highest BCUT2D eigenvalue weighted by molar-refractivity contribution is 7.92. The molecule has 0 aromatic heterocycles. The van der Waals surface area contributed by atoms with Crippen molar-refractivity contribution in [1.29, 1.82) is 0 Å². The van der Waals surface area contributed by atoms with E-state index in [0.29, 0.717) is 35.9 Å². The summed E-state index contributed by atoms with van der Waals surface area (Å²) in [4.78, 5) is 15.1. The van der Waals surface area contributed by atoms with Gasteiger partial charge in [0.2, 0.25) is 0 Å². The van der Waals surface area contributed by atoms with Gasteiger partial charge in [0.15, 0.2) is 0 Å². The van der Waals surface area contributed by atoms with Crippen molar-refractivity contribution in [3.05, 3.63) is 78.4 Å². The zero-order valence-corrected chi connectivity index (χ0v) is 19.0. The van der Waals surface area contributed by atoms with Gasteiger partial charge in [-0.15, -0.1) is 0 Å². The van der Waals surface area contributed by atoms with Gasteiger partial charge in [-0.2, -0.15) is 0 Å². The first-order chi connectivity index (χ1) is 16.0. The summed E-state index contributed by atoms with van der Waals surface area (Å²) in [5, 5.41) is 2.93. The van der Waals surface area contributed by atoms with Crippen LogP contribution in [0.3, 0.4) is 0 Å². The normalized spacial score (nSPS) is 13.9. The van der Waals surface area contributed by atoms with Crippen LogP contribution in [0.4, 0.5) is 17.1 Å². The molecular formula is C24H25N3O5S. The molecule has 172 valence electrons. The number of anilines is 3. The predicted molar refractivity (Wildman–Crippen MR) is 128 cm³/mol. The van der Waals surface area contributed by atoms with Crippen molar-refractivity contribution in [2.75, 3.05) is 48.4 Å². The third-order valence-electron chi connectivity index (χ3n) is 5.28. The molecule has 8 nitrogen and oxygen atoms in total. The molecule has 1 aliphatic rings. The Labute approximate surface area is 193 Å². The number of carbonyl (C=O) groups is 1. The van der Waals surface area contributed by atoms with E-state index in [-0.39, 0.29) is 10.8 Å². The van der Waals surface area contributed by atoms with Gasteiger partial charge in [0, 0.05) is 18.7 Å². The van der Waals surface area contributed by atoms with Crippen molar-refractivity contribution in [1.82, 2.24) is 0 Å². The maximum atomic E-state index is 12.8. The van der Waals surface area contributed by atoms with Crippen molar-refractivity contribution in [3.8, 4) is 5.75 Å². The predicted octanol–water partition coefficient (Wildman–Crippen LogP) is 3.58. The molecule has 1 saturated heterocycles. The van der Waals surface area contributed by atoms with E-state index >= 15 is 0 Å². The molecule has 0 unspecified atom stereocenters. The number of amides is 1. The lowest BCUT2D eigenvalue weighted by Crippen LogP contribution is -2.36. The number of morpholine rings is 1. The van der Waals surface area contributed by atoms with E-state index in [9.17, 15) is 13.2 Å². The number of benzene rings is 3. The van der Waals surface area contributed by atoms with Crippen LogP contribution in [0.5, 0.6) is 5.75 Å². The lowest BCUT2D eigenvalue weighted by atomic mass is 10.2. The van der Waals surface area contributed by atoms with Gasteiger partial charge in [-0.05, 0) is 48.5 Å². The number of carbonyl (C=O) groups excluding carboxylic acids is 1. The summed E-state index contributed by atoms with van der Waals surface area (Å²) in [6.07, 6.45) is 0. The lowest BCUT2D eigenvalue weighted by molar-refractivity contribution is 0.102. The highest BCUT2D eigenvalue weighted by Crippen LogP contribution is 2.28. The van der Waals surface area contributed by atoms with Crippen molar-refractivity contribution in [2.24, 2.45) is 0 Å². The van der Waals surface area contributed by atoms with Gasteiger partial charge in [0.05, 0.1) is 42.3 Å². The first-order valence-corrected chi connectivity index (χ1v) is 12.0. The number of methoxy groups -OCH3 is 1. The van der Waals surface area contributed by atoms with Gasteiger partial charge in [0.25, 0.3) is 15.9 Å². The Morgan fingerprint density at radius 1 is 0.909 bits per heavy atom. The second-order valence-corrected chi connectivity index (χ2v) is 9.08. The summed E-state index contributed by atoms with van der Waals surface area (Å²) >= 11 is 0. The molecule has 0 aliphatic carbocycles. The van der Waals surface area contributed by atoms with Gasteiger partial charge in [-0.1, -0.05) is 24.3 Å². The summed E-state index contributed by atoms with van der Waals surface area (Å²) in [6, 6.07) is 20.1. The largest absolute Gasteiger partial charge is 0.495 e. The summed E-state index contributed by atoms with van der Waals surface area (Å²) in [6.45, 7) is 2.78. The first-order valence-electron chi connectivity index (χ1n) is 10.5. The average Bonchev–Trinajstić information content (AvgIpc) is 2.85. The standard InChI is InChI=1S/C24H25N3O5S/c1-31-23-9-5-3-7-21(23)26-33(29,30)19-12-10-18(11-13-19)24(28)25-20-6-2-4-8-22(20)27-14-16-32-17-15-27/h2-13,26H,14-17H2,1H3,(H,25,28). The minimum Gasteiger partial charge on any atom is -0.495 e. The third kappa shape index (κ3) is 5.27. The Hall–Kier alpha value is -3.56. The number of hydrogen-bond donors (Lipinski definition) is 2. The van der Waals surface area contributed by atoms with Crippen LogP contribution in [0.25, 0.3) is 0 Å². The van der Waals surface area contributed by atoms with Crippen LogP contribution < -0.4 is 19.7 Å². The molecular weight excluding hydrogens is 442 g/mol.